The summed E-state index contributed by atoms with van der Waals surface area (Å²) in [7, 11) is 0. The Morgan fingerprint density at radius 1 is 1.30 bits per heavy atom. The Hall–Kier alpha value is -1.01. The van der Waals surface area contributed by atoms with Crippen molar-refractivity contribution in [2.24, 2.45) is 5.73 Å². The summed E-state index contributed by atoms with van der Waals surface area (Å²) in [6, 6.07) is 7.95. The lowest BCUT2D eigenvalue weighted by molar-refractivity contribution is 0.878. The topological polar surface area (TPSA) is 43.3 Å². The summed E-state index contributed by atoms with van der Waals surface area (Å²) in [4.78, 5) is 5.72. The summed E-state index contributed by atoms with van der Waals surface area (Å²) < 4.78 is 2.14. The molecule has 0 saturated heterocycles. The van der Waals surface area contributed by atoms with Crippen molar-refractivity contribution in [3.63, 3.8) is 0 Å². The monoisotopic (exact) mass is 323 g/mol. The Bertz CT molecular complexity index is 703. The van der Waals surface area contributed by atoms with Crippen LogP contribution in [0.15, 0.2) is 40.9 Å². The second-order valence-corrected chi connectivity index (χ2v) is 6.65. The maximum atomic E-state index is 5.90. The fourth-order valence-electron chi connectivity index (χ4n) is 2.02. The lowest BCUT2D eigenvalue weighted by Crippen LogP contribution is -2.05. The molecular weight excluding hydrogens is 310 g/mol. The highest BCUT2D eigenvalue weighted by Crippen LogP contribution is 2.29. The fraction of sp³-hybridized carbons (Fsp3) is 0.214. The lowest BCUT2D eigenvalue weighted by Gasteiger charge is -2.03. The van der Waals surface area contributed by atoms with Gasteiger partial charge in [-0.15, -0.1) is 11.3 Å². The molecule has 3 aromatic rings. The zero-order valence-corrected chi connectivity index (χ0v) is 13.1. The van der Waals surface area contributed by atoms with Crippen LogP contribution in [0.4, 0.5) is 0 Å². The molecule has 0 aliphatic heterocycles. The lowest BCUT2D eigenvalue weighted by atomic mass is 10.2. The van der Waals surface area contributed by atoms with E-state index < -0.39 is 0 Å². The van der Waals surface area contributed by atoms with Crippen LogP contribution in [0.2, 0.25) is 5.02 Å². The maximum Gasteiger partial charge on any atom is 0.194 e. The van der Waals surface area contributed by atoms with Gasteiger partial charge in [0, 0.05) is 28.8 Å². The number of nitrogens with zero attached hydrogens (tertiary/aromatic N) is 2. The van der Waals surface area contributed by atoms with E-state index in [1.165, 1.54) is 11.3 Å². The van der Waals surface area contributed by atoms with Gasteiger partial charge in [0.15, 0.2) is 4.96 Å². The zero-order valence-electron chi connectivity index (χ0n) is 10.8. The number of thiazole rings is 1. The number of aromatic nitrogens is 2. The summed E-state index contributed by atoms with van der Waals surface area (Å²) >= 11 is 9.30. The summed E-state index contributed by atoms with van der Waals surface area (Å²) in [5, 5.41) is 3.90. The number of thioether (sulfide) groups is 1. The summed E-state index contributed by atoms with van der Waals surface area (Å²) in [5.74, 6) is 0.888. The highest BCUT2D eigenvalue weighted by Gasteiger charge is 2.12. The van der Waals surface area contributed by atoms with Gasteiger partial charge < -0.3 is 5.73 Å². The number of halogens is 1. The molecule has 2 N–H and O–H groups in total. The van der Waals surface area contributed by atoms with Gasteiger partial charge in [0.25, 0.3) is 0 Å². The van der Waals surface area contributed by atoms with Gasteiger partial charge in [0.2, 0.25) is 0 Å². The number of rotatable bonds is 5. The molecule has 0 spiro atoms. The van der Waals surface area contributed by atoms with Crippen molar-refractivity contribution in [3.8, 4) is 0 Å². The SMILES string of the molecule is NCCc1c(SCc2ccc(Cl)cc2)nc2sccn12. The third-order valence-electron chi connectivity index (χ3n) is 2.99. The van der Waals surface area contributed by atoms with E-state index in [9.17, 15) is 0 Å². The molecule has 1 aromatic carbocycles. The molecule has 20 heavy (non-hydrogen) atoms. The molecule has 104 valence electrons. The first-order valence-electron chi connectivity index (χ1n) is 6.29. The summed E-state index contributed by atoms with van der Waals surface area (Å²) in [6.07, 6.45) is 2.91. The Morgan fingerprint density at radius 2 is 2.10 bits per heavy atom. The Morgan fingerprint density at radius 3 is 2.85 bits per heavy atom. The molecule has 3 nitrogen and oxygen atoms in total. The van der Waals surface area contributed by atoms with Gasteiger partial charge in [-0.25, -0.2) is 4.98 Å². The van der Waals surface area contributed by atoms with E-state index in [1.54, 1.807) is 23.1 Å². The molecule has 0 aliphatic carbocycles. The summed E-state index contributed by atoms with van der Waals surface area (Å²) in [6.45, 7) is 0.637. The molecule has 0 saturated carbocycles. The molecule has 0 fully saturated rings. The van der Waals surface area contributed by atoms with Crippen LogP contribution in [-0.4, -0.2) is 15.9 Å². The minimum atomic E-state index is 0.637. The quantitative estimate of drug-likeness (QED) is 0.725. The van der Waals surface area contributed by atoms with Crippen LogP contribution >= 0.6 is 34.7 Å². The van der Waals surface area contributed by atoms with Gasteiger partial charge >= 0.3 is 0 Å². The highest BCUT2D eigenvalue weighted by atomic mass is 35.5. The van der Waals surface area contributed by atoms with Gasteiger partial charge in [-0.05, 0) is 24.2 Å². The van der Waals surface area contributed by atoms with Crippen molar-refractivity contribution < 1.29 is 0 Å². The molecule has 0 atom stereocenters. The summed E-state index contributed by atoms with van der Waals surface area (Å²) in [5.41, 5.74) is 8.17. The Balaban J connectivity index is 1.81. The van der Waals surface area contributed by atoms with Crippen molar-refractivity contribution in [1.29, 1.82) is 0 Å². The van der Waals surface area contributed by atoms with Gasteiger partial charge in [0.1, 0.15) is 5.03 Å². The van der Waals surface area contributed by atoms with Gasteiger partial charge in [-0.1, -0.05) is 35.5 Å². The molecule has 0 unspecified atom stereocenters. The molecular formula is C14H14ClN3S2. The average Bonchev–Trinajstić information content (AvgIpc) is 3.01. The number of benzene rings is 1. The maximum absolute atomic E-state index is 5.90. The van der Waals surface area contributed by atoms with Crippen LogP contribution < -0.4 is 5.73 Å². The first-order valence-corrected chi connectivity index (χ1v) is 8.54. The Labute approximate surface area is 130 Å². The normalized spacial score (nSPS) is 11.3. The molecule has 2 aromatic heterocycles. The van der Waals surface area contributed by atoms with Crippen LogP contribution in [0, 0.1) is 0 Å². The average molecular weight is 324 g/mol. The van der Waals surface area contributed by atoms with Crippen molar-refractivity contribution in [1.82, 2.24) is 9.38 Å². The molecule has 0 amide bonds. The smallest absolute Gasteiger partial charge is 0.194 e. The number of fused-ring (bicyclic) bond motifs is 1. The molecule has 6 heteroatoms. The van der Waals surface area contributed by atoms with Crippen LogP contribution in [0.3, 0.4) is 0 Å². The van der Waals surface area contributed by atoms with Crippen molar-refractivity contribution in [2.75, 3.05) is 6.54 Å². The predicted molar refractivity (Wildman–Crippen MR) is 86.8 cm³/mol. The van der Waals surface area contributed by atoms with Crippen LogP contribution in [0.5, 0.6) is 0 Å². The second kappa shape index (κ2) is 6.18. The van der Waals surface area contributed by atoms with E-state index in [2.05, 4.69) is 33.1 Å². The van der Waals surface area contributed by atoms with Crippen molar-refractivity contribution >= 4 is 39.7 Å². The Kier molecular flexibility index (Phi) is 4.31. The minimum Gasteiger partial charge on any atom is -0.330 e. The van der Waals surface area contributed by atoms with E-state index in [-0.39, 0.29) is 0 Å². The molecule has 3 rings (SSSR count). The van der Waals surface area contributed by atoms with Gasteiger partial charge in [0.05, 0.1) is 5.69 Å². The van der Waals surface area contributed by atoms with Gasteiger partial charge in [-0.2, -0.15) is 0 Å². The largest absolute Gasteiger partial charge is 0.330 e. The standard InChI is InChI=1S/C14H14ClN3S2/c15-11-3-1-10(2-4-11)9-20-13-12(5-6-16)18-7-8-19-14(18)17-13/h1-4,7-8H,5-6,9,16H2. The molecule has 0 bridgehead atoms. The number of hydrogen-bond acceptors (Lipinski definition) is 4. The zero-order chi connectivity index (χ0) is 13.9. The molecule has 2 heterocycles. The predicted octanol–water partition coefficient (Wildman–Crippen LogP) is 3.84. The van der Waals surface area contributed by atoms with E-state index in [0.29, 0.717) is 6.54 Å². The third-order valence-corrected chi connectivity index (χ3v) is 5.08. The fourth-order valence-corrected chi connectivity index (χ4v) is 3.96. The van der Waals surface area contributed by atoms with Crippen LogP contribution in [0.25, 0.3) is 4.96 Å². The highest BCUT2D eigenvalue weighted by molar-refractivity contribution is 7.98. The number of imidazole rings is 1. The molecule has 0 radical (unpaired) electrons. The number of hydrogen-bond donors (Lipinski definition) is 1. The minimum absolute atomic E-state index is 0.637. The van der Waals surface area contributed by atoms with Crippen LogP contribution in [0.1, 0.15) is 11.3 Å². The third kappa shape index (κ3) is 2.86. The van der Waals surface area contributed by atoms with Crippen molar-refractivity contribution in [2.45, 2.75) is 17.2 Å². The first kappa shape index (κ1) is 13.9. The van der Waals surface area contributed by atoms with E-state index >= 15 is 0 Å². The first-order chi connectivity index (χ1) is 9.78. The van der Waals surface area contributed by atoms with Gasteiger partial charge in [-0.3, -0.25) is 4.40 Å². The van der Waals surface area contributed by atoms with E-state index in [1.807, 2.05) is 12.1 Å². The second-order valence-electron chi connectivity index (χ2n) is 4.37. The van der Waals surface area contributed by atoms with Crippen LogP contribution in [-0.2, 0) is 12.2 Å². The molecule has 0 aliphatic rings. The number of nitrogens with two attached hydrogens (primary N) is 1. The van der Waals surface area contributed by atoms with Crippen molar-refractivity contribution in [3.05, 3.63) is 52.1 Å². The van der Waals surface area contributed by atoms with E-state index in [4.69, 9.17) is 17.3 Å². The van der Waals surface area contributed by atoms with E-state index in [0.717, 1.165) is 27.2 Å².